The third-order valence-electron chi connectivity index (χ3n) is 5.27. The van der Waals surface area contributed by atoms with E-state index in [-0.39, 0.29) is 22.1 Å². The number of benzene rings is 2. The standard InChI is InChI=1S/C24H17Cl3O7/c1-2-7-33-11-4-6-14-13(9-11)16(12-5-3-10(28)8-15(12)34-14)17-20(25)18(23(29)30)19(24(31)32)22(27)21(17)26/h3,5-6,8-9,28H,2,4,7H2,1H3,(H,29,30)(H,31,32). The van der Waals surface area contributed by atoms with E-state index in [0.717, 1.165) is 6.42 Å². The number of halogens is 3. The number of carbonyl (C=O) groups is 2. The predicted molar refractivity (Wildman–Crippen MR) is 127 cm³/mol. The van der Waals surface area contributed by atoms with Gasteiger partial charge in [0.1, 0.15) is 23.0 Å². The van der Waals surface area contributed by atoms with Crippen molar-refractivity contribution in [2.75, 3.05) is 6.61 Å². The molecule has 0 saturated heterocycles. The maximum Gasteiger partial charge on any atom is 0.338 e. The largest absolute Gasteiger partial charge is 0.508 e. The van der Waals surface area contributed by atoms with Gasteiger partial charge in [-0.2, -0.15) is 0 Å². The molecule has 0 aromatic heterocycles. The minimum atomic E-state index is -1.58. The molecule has 0 amide bonds. The molecule has 176 valence electrons. The molecule has 0 saturated carbocycles. The van der Waals surface area contributed by atoms with E-state index in [4.69, 9.17) is 44.3 Å². The lowest BCUT2D eigenvalue weighted by Gasteiger charge is -2.29. The van der Waals surface area contributed by atoms with Crippen molar-refractivity contribution in [1.82, 2.24) is 0 Å². The van der Waals surface area contributed by atoms with E-state index in [0.29, 0.717) is 41.3 Å². The number of aromatic carboxylic acids is 2. The van der Waals surface area contributed by atoms with Crippen LogP contribution in [-0.4, -0.2) is 33.9 Å². The molecule has 0 unspecified atom stereocenters. The second kappa shape index (κ2) is 9.25. The number of carboxylic acid groups (broad SMARTS) is 2. The van der Waals surface area contributed by atoms with Crippen LogP contribution >= 0.6 is 34.8 Å². The Bertz CT molecular complexity index is 1340. The van der Waals surface area contributed by atoms with Crippen LogP contribution in [0.1, 0.15) is 51.6 Å². The van der Waals surface area contributed by atoms with Crippen molar-refractivity contribution in [3.05, 3.63) is 84.8 Å². The third kappa shape index (κ3) is 4.00. The Labute approximate surface area is 209 Å². The van der Waals surface area contributed by atoms with Crippen LogP contribution in [-0.2, 0) is 4.74 Å². The topological polar surface area (TPSA) is 113 Å². The Kier molecular flexibility index (Phi) is 6.53. The highest BCUT2D eigenvalue weighted by Crippen LogP contribution is 2.51. The van der Waals surface area contributed by atoms with Crippen LogP contribution < -0.4 is 4.74 Å². The number of carboxylic acids is 2. The highest BCUT2D eigenvalue weighted by atomic mass is 35.5. The smallest absolute Gasteiger partial charge is 0.338 e. The van der Waals surface area contributed by atoms with Crippen molar-refractivity contribution in [3.63, 3.8) is 0 Å². The van der Waals surface area contributed by atoms with E-state index in [1.807, 2.05) is 6.92 Å². The van der Waals surface area contributed by atoms with Gasteiger partial charge in [-0.3, -0.25) is 0 Å². The van der Waals surface area contributed by atoms with Gasteiger partial charge < -0.3 is 24.8 Å². The Hall–Kier alpha value is -3.13. The number of hydrogen-bond acceptors (Lipinski definition) is 5. The van der Waals surface area contributed by atoms with E-state index >= 15 is 0 Å². The van der Waals surface area contributed by atoms with Crippen LogP contribution in [0.4, 0.5) is 0 Å². The van der Waals surface area contributed by atoms with Crippen molar-refractivity contribution in [2.45, 2.75) is 19.8 Å². The molecule has 4 rings (SSSR count). The molecule has 1 heterocycles. The highest BCUT2D eigenvalue weighted by molar-refractivity contribution is 6.48. The molecule has 10 heteroatoms. The van der Waals surface area contributed by atoms with Crippen molar-refractivity contribution >= 4 is 52.3 Å². The Balaban J connectivity index is 2.12. The summed E-state index contributed by atoms with van der Waals surface area (Å²) in [6.07, 6.45) is 4.76. The van der Waals surface area contributed by atoms with E-state index in [1.54, 1.807) is 18.2 Å². The fraction of sp³-hybridized carbons (Fsp3) is 0.167. The Morgan fingerprint density at radius 3 is 2.38 bits per heavy atom. The molecule has 2 aliphatic rings. The number of ether oxygens (including phenoxy) is 2. The first-order valence-corrected chi connectivity index (χ1v) is 11.3. The van der Waals surface area contributed by atoms with Crippen molar-refractivity contribution in [3.8, 4) is 11.5 Å². The fourth-order valence-electron chi connectivity index (χ4n) is 3.84. The van der Waals surface area contributed by atoms with E-state index in [1.165, 1.54) is 12.1 Å². The minimum absolute atomic E-state index is 0.0277. The van der Waals surface area contributed by atoms with Gasteiger partial charge in [0.15, 0.2) is 0 Å². The van der Waals surface area contributed by atoms with Gasteiger partial charge in [0.2, 0.25) is 0 Å². The van der Waals surface area contributed by atoms with Crippen LogP contribution in [0.2, 0.25) is 15.1 Å². The van der Waals surface area contributed by atoms with Gasteiger partial charge in [0.05, 0.1) is 32.8 Å². The second-order valence-corrected chi connectivity index (χ2v) is 8.61. The maximum absolute atomic E-state index is 12.0. The lowest BCUT2D eigenvalue weighted by molar-refractivity contribution is 0.0651. The number of fused-ring (bicyclic) bond motifs is 2. The van der Waals surface area contributed by atoms with Crippen LogP contribution in [0.3, 0.4) is 0 Å². The van der Waals surface area contributed by atoms with E-state index in [2.05, 4.69) is 0 Å². The molecule has 0 fully saturated rings. The van der Waals surface area contributed by atoms with Gasteiger partial charge in [0, 0.05) is 34.8 Å². The summed E-state index contributed by atoms with van der Waals surface area (Å²) in [6.45, 7) is 2.47. The lowest BCUT2D eigenvalue weighted by Crippen LogP contribution is -2.16. The fourth-order valence-corrected chi connectivity index (χ4v) is 4.80. The normalized spacial score (nSPS) is 14.5. The predicted octanol–water partition coefficient (Wildman–Crippen LogP) is 6.54. The monoisotopic (exact) mass is 522 g/mol. The maximum atomic E-state index is 12.0. The first-order valence-electron chi connectivity index (χ1n) is 10.1. The van der Waals surface area contributed by atoms with Crippen molar-refractivity contribution < 1.29 is 34.4 Å². The summed E-state index contributed by atoms with van der Waals surface area (Å²) in [5, 5.41) is 28.3. The van der Waals surface area contributed by atoms with Gasteiger partial charge >= 0.3 is 11.9 Å². The molecule has 1 aliphatic heterocycles. The number of rotatable bonds is 6. The van der Waals surface area contributed by atoms with Gasteiger partial charge in [-0.1, -0.05) is 41.7 Å². The molecule has 0 atom stereocenters. The lowest BCUT2D eigenvalue weighted by atomic mass is 9.86. The van der Waals surface area contributed by atoms with Crippen molar-refractivity contribution in [1.29, 1.82) is 0 Å². The average Bonchev–Trinajstić information content (AvgIpc) is 2.78. The zero-order chi connectivity index (χ0) is 24.7. The number of aromatic hydroxyl groups is 1. The quantitative estimate of drug-likeness (QED) is 0.368. The Morgan fingerprint density at radius 2 is 1.74 bits per heavy atom. The summed E-state index contributed by atoms with van der Waals surface area (Å²) in [5.74, 6) is -1.88. The SMILES string of the molecule is CCCOC1=CC2=C(c3c(Cl)c(Cl)c(C(=O)O)c(C(=O)O)c3Cl)c3ccc(O)cc3OC2=CC1. The summed E-state index contributed by atoms with van der Waals surface area (Å²) in [4.78, 5) is 23.8. The van der Waals surface area contributed by atoms with Gasteiger partial charge in [0.25, 0.3) is 0 Å². The van der Waals surface area contributed by atoms with Crippen LogP contribution in [0, 0.1) is 0 Å². The molecule has 0 bridgehead atoms. The minimum Gasteiger partial charge on any atom is -0.508 e. The van der Waals surface area contributed by atoms with Crippen molar-refractivity contribution in [2.24, 2.45) is 0 Å². The molecule has 0 radical (unpaired) electrons. The third-order valence-corrected chi connectivity index (χ3v) is 6.50. The summed E-state index contributed by atoms with van der Waals surface area (Å²) >= 11 is 19.3. The summed E-state index contributed by atoms with van der Waals surface area (Å²) in [5.41, 5.74) is -0.0715. The first kappa shape index (κ1) is 24.0. The number of hydrogen-bond donors (Lipinski definition) is 3. The molecule has 3 N–H and O–H groups in total. The van der Waals surface area contributed by atoms with Gasteiger partial charge in [-0.15, -0.1) is 0 Å². The van der Waals surface area contributed by atoms with Crippen LogP contribution in [0.15, 0.2) is 47.4 Å². The summed E-state index contributed by atoms with van der Waals surface area (Å²) in [6, 6.07) is 4.38. The molecule has 34 heavy (non-hydrogen) atoms. The number of allylic oxidation sites excluding steroid dienone is 2. The van der Waals surface area contributed by atoms with Crippen LogP contribution in [0.25, 0.3) is 5.57 Å². The molecule has 2 aromatic rings. The average molecular weight is 524 g/mol. The molecule has 2 aromatic carbocycles. The number of phenols is 1. The zero-order valence-corrected chi connectivity index (χ0v) is 19.9. The molecule has 0 spiro atoms. The van der Waals surface area contributed by atoms with Gasteiger partial charge in [-0.25, -0.2) is 9.59 Å². The van der Waals surface area contributed by atoms with E-state index < -0.39 is 33.1 Å². The second-order valence-electron chi connectivity index (χ2n) is 7.48. The number of phenolic OH excluding ortho intramolecular Hbond substituents is 1. The Morgan fingerprint density at radius 1 is 1.06 bits per heavy atom. The summed E-state index contributed by atoms with van der Waals surface area (Å²) in [7, 11) is 0. The molecule has 1 aliphatic carbocycles. The highest BCUT2D eigenvalue weighted by Gasteiger charge is 2.35. The molecular formula is C24H17Cl3O7. The molecular weight excluding hydrogens is 507 g/mol. The zero-order valence-electron chi connectivity index (χ0n) is 17.6. The van der Waals surface area contributed by atoms with E-state index in [9.17, 15) is 24.9 Å². The first-order chi connectivity index (χ1) is 16.1. The summed E-state index contributed by atoms with van der Waals surface area (Å²) < 4.78 is 11.8. The van der Waals surface area contributed by atoms with Gasteiger partial charge in [-0.05, 0) is 30.7 Å². The van der Waals surface area contributed by atoms with Crippen LogP contribution in [0.5, 0.6) is 11.5 Å². The molecule has 7 nitrogen and oxygen atoms in total.